The van der Waals surface area contributed by atoms with Gasteiger partial charge in [-0.2, -0.15) is 24.9 Å². The Morgan fingerprint density at radius 2 is 0.932 bits per heavy atom. The number of anilines is 16. The maximum atomic E-state index is 13.7. The van der Waals surface area contributed by atoms with Crippen LogP contribution < -0.4 is 85.5 Å². The molecule has 30 heteroatoms. The Morgan fingerprint density at radius 1 is 0.442 bits per heavy atom. The smallest absolute Gasteiger partial charge is 0.229 e. The summed E-state index contributed by atoms with van der Waals surface area (Å²) >= 11 is 14.4. The van der Waals surface area contributed by atoms with E-state index in [-0.39, 0.29) is 11.9 Å². The molecule has 2 aliphatic heterocycles. The van der Waals surface area contributed by atoms with Crippen molar-refractivity contribution < 1.29 is 4.39 Å². The fourth-order valence-corrected chi connectivity index (χ4v) is 20.9. The van der Waals surface area contributed by atoms with Crippen LogP contribution in [0.4, 0.5) is 97.3 Å². The number of rotatable bonds is 35. The molecule has 147 heavy (non-hydrogen) atoms. The van der Waals surface area contributed by atoms with Gasteiger partial charge in [0.2, 0.25) is 29.7 Å². The lowest BCUT2D eigenvalue weighted by Gasteiger charge is -2.30. The largest absolute Gasteiger partial charge is 0.381 e. The third-order valence-corrected chi connectivity index (χ3v) is 31.6. The number of fused-ring (bicyclic) bond motifs is 5. The highest BCUT2D eigenvalue weighted by Crippen LogP contribution is 2.43. The van der Waals surface area contributed by atoms with Crippen molar-refractivity contribution in [2.24, 2.45) is 41.1 Å². The maximum Gasteiger partial charge on any atom is 0.229 e. The standard InChI is InChI=1S/C25H33FN6.C24H28ClN5.C24H27N5S.C23H26ClN5.C21H31N5/c1-4-18(5-2)16-28-24-20-7-6-8-22(32-13-11-27-12-14-32)23(20)30-25(31-24)29-19-9-10-21(26)17(3)15-19;1-14-9-12-18(13-20(14)25)28-24-29-22-19(23(30-24)26-15(2)16-10-11-16)7-4-8-21(22)27-17-5-3-6-17;1-15-12-16(2)14-19(13-15)27-24-28-22-18(9-10-25)6-4-7-20(22)23(29-24)26-17(3)21-8-5-11-30-21;1-13-6-9-17(10-20(13)24)27-23-28-21-18(16-11-25-12-16)4-3-5-19(21)22(29-23)26-14(2)15-7-8-15;1-14(16-10-11-16)24-20-18-9-5-8-17(12-22)19(18)25-21(26-20)23-13-15-6-3-2-4-7-15/h6-10,15,18,27H,4-5,11-14,16H2,1-3H3,(H2,28,29,30,31);4,7-9,12-13,15-17,27H,3,5-6,10-11H2,1-2H3,(H2,26,28,29,30);4-8,11-14,17H,9-10,25H2,1-3H3,(H2,26,27,28,29);3-6,9-10,14-16,25H,7-8,11-12H2,1-2H3,(H2,26,27,28,29);5,8-9,14-16H,2-4,6-7,10-13,22H2,1H3,(H2,23,24,25,26)/t;15-;17-;2*14-/m.1111/s1. The lowest BCUT2D eigenvalue weighted by Crippen LogP contribution is -2.43. The summed E-state index contributed by atoms with van der Waals surface area (Å²) < 4.78 is 13.7. The lowest BCUT2D eigenvalue weighted by molar-refractivity contribution is 0.373. The molecule has 5 saturated carbocycles. The molecule has 9 aromatic carbocycles. The van der Waals surface area contributed by atoms with E-state index in [1.54, 1.807) is 30.4 Å². The minimum atomic E-state index is -0.219. The van der Waals surface area contributed by atoms with E-state index in [2.05, 4.69) is 256 Å². The molecule has 22 rings (SSSR count). The zero-order valence-electron chi connectivity index (χ0n) is 86.9. The normalized spacial score (nSPS) is 16.1. The predicted molar refractivity (Wildman–Crippen MR) is 614 cm³/mol. The fourth-order valence-electron chi connectivity index (χ4n) is 19.8. The number of aromatic nitrogens is 10. The third-order valence-electron chi connectivity index (χ3n) is 29.7. The number of piperazine rings is 1. The number of thiophene rings is 1. The summed E-state index contributed by atoms with van der Waals surface area (Å²) in [5.41, 5.74) is 31.0. The molecule has 0 unspecified atom stereocenters. The van der Waals surface area contributed by atoms with E-state index in [1.807, 2.05) is 50.2 Å². The van der Waals surface area contributed by atoms with Gasteiger partial charge in [0.25, 0.3) is 0 Å². The molecular formula is C117H145Cl2FN26S. The van der Waals surface area contributed by atoms with Crippen LogP contribution in [0.3, 0.4) is 0 Å². The Labute approximate surface area is 878 Å². The zero-order valence-corrected chi connectivity index (χ0v) is 89.2. The first-order chi connectivity index (χ1) is 71.5. The molecule has 0 bridgehead atoms. The van der Waals surface area contributed by atoms with E-state index in [4.69, 9.17) is 84.5 Å². The van der Waals surface area contributed by atoms with Crippen molar-refractivity contribution in [2.45, 2.75) is 228 Å². The average molecular weight is 2040 g/mol. The van der Waals surface area contributed by atoms with Gasteiger partial charge in [-0.1, -0.05) is 142 Å². The van der Waals surface area contributed by atoms with E-state index >= 15 is 0 Å². The first-order valence-electron chi connectivity index (χ1n) is 53.4. The zero-order chi connectivity index (χ0) is 102. The number of hydrogen-bond donors (Lipinski definition) is 15. The number of hydrogen-bond acceptors (Lipinski definition) is 27. The van der Waals surface area contributed by atoms with Crippen molar-refractivity contribution >= 4 is 182 Å². The molecule has 7 aliphatic rings. The number of benzene rings is 9. The van der Waals surface area contributed by atoms with Gasteiger partial charge >= 0.3 is 0 Å². The molecule has 8 heterocycles. The Hall–Kier alpha value is -12.7. The van der Waals surface area contributed by atoms with Crippen LogP contribution in [0.2, 0.25) is 10.0 Å². The van der Waals surface area contributed by atoms with Crippen molar-refractivity contribution in [1.82, 2.24) is 60.5 Å². The molecule has 0 radical (unpaired) electrons. The summed E-state index contributed by atoms with van der Waals surface area (Å²) in [6, 6.07) is 60.8. The van der Waals surface area contributed by atoms with Gasteiger partial charge in [0.05, 0.1) is 34.0 Å². The minimum absolute atomic E-state index is 0.148. The van der Waals surface area contributed by atoms with Crippen molar-refractivity contribution in [2.75, 3.05) is 122 Å². The van der Waals surface area contributed by atoms with Crippen LogP contribution in [0.5, 0.6) is 0 Å². The third kappa shape index (κ3) is 27.1. The highest BCUT2D eigenvalue weighted by molar-refractivity contribution is 7.10. The van der Waals surface area contributed by atoms with Gasteiger partial charge in [-0.25, -0.2) is 29.3 Å². The predicted octanol–water partition coefficient (Wildman–Crippen LogP) is 26.8. The molecule has 5 aliphatic carbocycles. The fraction of sp³-hybridized carbons (Fsp3) is 0.419. The van der Waals surface area contributed by atoms with Crippen LogP contribution in [0.15, 0.2) is 181 Å². The van der Waals surface area contributed by atoms with Crippen molar-refractivity contribution in [1.29, 1.82) is 0 Å². The van der Waals surface area contributed by atoms with Gasteiger partial charge < -0.3 is 85.5 Å². The van der Waals surface area contributed by atoms with Gasteiger partial charge in [-0.15, -0.1) is 11.3 Å². The Bertz CT molecular complexity index is 7000. The first kappa shape index (κ1) is 104. The monoisotopic (exact) mass is 2040 g/mol. The molecule has 6 aromatic heterocycles. The Morgan fingerprint density at radius 3 is 1.46 bits per heavy atom. The van der Waals surface area contributed by atoms with E-state index in [0.29, 0.717) is 78.4 Å². The van der Waals surface area contributed by atoms with E-state index in [9.17, 15) is 4.39 Å². The second kappa shape index (κ2) is 49.0. The van der Waals surface area contributed by atoms with E-state index in [0.717, 1.165) is 251 Å². The van der Waals surface area contributed by atoms with Crippen LogP contribution in [0.25, 0.3) is 54.5 Å². The van der Waals surface area contributed by atoms with E-state index < -0.39 is 0 Å². The SMILES string of the molecule is CCC(CC)CNc1nc(Nc2ccc(F)c(C)c2)nc2c(N3CCNCC3)cccc12.C[C@@H](Nc1nc(NCC2CCCCC2)nc2c(CN)cccc12)C1CC1.Cc1cc(C)cc(Nc2nc(N[C@H](C)c3cccs3)c3cccc(CCN)c3n2)c1.Cc1ccc(Nc2nc(N[C@H](C)C3CC3)c3cccc(C4CNC4)c3n2)cc1Cl.Cc1ccc(Nc2nc(N[C@H](C)C3CC3)c3cccc(NC4CCC4)c3n2)cc1Cl. The molecule has 15 aromatic rings. The second-order valence-corrected chi connectivity index (χ2v) is 43.0. The first-order valence-corrected chi connectivity index (χ1v) is 55.0. The number of halogens is 3. The van der Waals surface area contributed by atoms with Crippen LogP contribution >= 0.6 is 34.5 Å². The van der Waals surface area contributed by atoms with E-state index in [1.165, 1.54) is 118 Å². The number of para-hydroxylation sites is 5. The summed E-state index contributed by atoms with van der Waals surface area (Å²) in [6.45, 7) is 32.0. The van der Waals surface area contributed by atoms with Gasteiger partial charge in [-0.3, -0.25) is 0 Å². The number of nitrogens with one attached hydrogen (secondary N) is 13. The minimum Gasteiger partial charge on any atom is -0.381 e. The molecule has 4 atom stereocenters. The quantitative estimate of drug-likeness (QED) is 0.0175. The van der Waals surface area contributed by atoms with Crippen LogP contribution in [-0.2, 0) is 13.0 Å². The van der Waals surface area contributed by atoms with Crippen LogP contribution in [0, 0.1) is 70.0 Å². The summed E-state index contributed by atoms with van der Waals surface area (Å²) in [6.07, 6.45) is 21.3. The summed E-state index contributed by atoms with van der Waals surface area (Å²) in [7, 11) is 0. The molecule has 7 fully saturated rings. The summed E-state index contributed by atoms with van der Waals surface area (Å²) in [5.74, 6) is 11.3. The molecule has 26 nitrogen and oxygen atoms in total. The highest BCUT2D eigenvalue weighted by Gasteiger charge is 2.34. The van der Waals surface area contributed by atoms with Crippen LogP contribution in [0.1, 0.15) is 206 Å². The average Bonchev–Trinajstić information content (AvgIpc) is 1.73. The van der Waals surface area contributed by atoms with Crippen molar-refractivity contribution in [3.05, 3.63) is 247 Å². The summed E-state index contributed by atoms with van der Waals surface area (Å²) in [5, 5.41) is 54.3. The Balaban J connectivity index is 0.000000121. The molecule has 17 N–H and O–H groups in total. The molecule has 770 valence electrons. The molecular weight excluding hydrogens is 1890 g/mol. The van der Waals surface area contributed by atoms with Crippen LogP contribution in [-0.4, -0.2) is 133 Å². The lowest BCUT2D eigenvalue weighted by atomic mass is 9.89. The molecule has 0 spiro atoms. The van der Waals surface area contributed by atoms with Gasteiger partial charge in [-0.05, 0) is 329 Å². The maximum absolute atomic E-state index is 13.7. The molecule has 2 saturated heterocycles. The highest BCUT2D eigenvalue weighted by atomic mass is 35.5. The Kier molecular flexibility index (Phi) is 34.7. The summed E-state index contributed by atoms with van der Waals surface area (Å²) in [4.78, 5) is 52.2. The number of aryl methyl sites for hydroxylation is 5. The van der Waals surface area contributed by atoms with Gasteiger partial charge in [0.1, 0.15) is 45.9 Å². The number of nitrogens with two attached hydrogens (primary N) is 2. The second-order valence-electron chi connectivity index (χ2n) is 41.2. The van der Waals surface area contributed by atoms with Gasteiger partial charge in [0, 0.05) is 154 Å². The molecule has 0 amide bonds. The topological polar surface area (TPSA) is 341 Å². The van der Waals surface area contributed by atoms with Crippen molar-refractivity contribution in [3.63, 3.8) is 0 Å². The van der Waals surface area contributed by atoms with Gasteiger partial charge in [0.15, 0.2) is 0 Å². The van der Waals surface area contributed by atoms with Crippen molar-refractivity contribution in [3.8, 4) is 0 Å². The number of nitrogens with zero attached hydrogens (tertiary/aromatic N) is 11.